The second kappa shape index (κ2) is 11.8. The zero-order chi connectivity index (χ0) is 23.8. The van der Waals surface area contributed by atoms with E-state index in [4.69, 9.17) is 19.3 Å². The predicted octanol–water partition coefficient (Wildman–Crippen LogP) is 4.59. The summed E-state index contributed by atoms with van der Waals surface area (Å²) in [7, 11) is 1.63. The van der Waals surface area contributed by atoms with E-state index in [1.54, 1.807) is 7.11 Å². The van der Waals surface area contributed by atoms with E-state index in [-0.39, 0.29) is 6.04 Å². The first-order valence-electron chi connectivity index (χ1n) is 11.4. The van der Waals surface area contributed by atoms with Crippen molar-refractivity contribution >= 4 is 0 Å². The summed E-state index contributed by atoms with van der Waals surface area (Å²) in [6, 6.07) is 17.7. The first-order chi connectivity index (χ1) is 15.9. The van der Waals surface area contributed by atoms with Crippen LogP contribution in [0.4, 0.5) is 0 Å². The number of ether oxygens (including phenoxy) is 3. The van der Waals surface area contributed by atoms with Gasteiger partial charge in [-0.05, 0) is 52.0 Å². The minimum Gasteiger partial charge on any atom is -0.493 e. The summed E-state index contributed by atoms with van der Waals surface area (Å²) in [6.45, 7) is 10.1. The summed E-state index contributed by atoms with van der Waals surface area (Å²) < 4.78 is 19.2. The SMILES string of the molecule is CCOC[C@H](O)CN(Cc1c(C)nn(-c2ccccc2)c1Oc1ccccc1OC)C(C)C. The molecule has 0 amide bonds. The highest BCUT2D eigenvalue weighted by Gasteiger charge is 2.24. The lowest BCUT2D eigenvalue weighted by molar-refractivity contribution is 0.0131. The first-order valence-corrected chi connectivity index (χ1v) is 11.4. The lowest BCUT2D eigenvalue weighted by atomic mass is 10.2. The zero-order valence-electron chi connectivity index (χ0n) is 20.2. The number of benzene rings is 2. The lowest BCUT2D eigenvalue weighted by Gasteiger charge is -2.29. The van der Waals surface area contributed by atoms with Gasteiger partial charge in [0, 0.05) is 25.7 Å². The van der Waals surface area contributed by atoms with Crippen molar-refractivity contribution in [2.24, 2.45) is 0 Å². The van der Waals surface area contributed by atoms with Crippen molar-refractivity contribution in [2.45, 2.75) is 46.4 Å². The molecule has 33 heavy (non-hydrogen) atoms. The number of aliphatic hydroxyl groups is 1. The van der Waals surface area contributed by atoms with Gasteiger partial charge >= 0.3 is 0 Å². The molecule has 7 heteroatoms. The maximum absolute atomic E-state index is 10.5. The third-order valence-electron chi connectivity index (χ3n) is 5.46. The van der Waals surface area contributed by atoms with Crippen molar-refractivity contribution in [2.75, 3.05) is 26.9 Å². The lowest BCUT2D eigenvalue weighted by Crippen LogP contribution is -2.39. The van der Waals surface area contributed by atoms with Crippen LogP contribution in [0.3, 0.4) is 0 Å². The van der Waals surface area contributed by atoms with Crippen LogP contribution in [0, 0.1) is 6.92 Å². The number of methoxy groups -OCH3 is 1. The number of hydrogen-bond acceptors (Lipinski definition) is 6. The highest BCUT2D eigenvalue weighted by molar-refractivity contribution is 5.47. The van der Waals surface area contributed by atoms with Gasteiger partial charge < -0.3 is 19.3 Å². The summed E-state index contributed by atoms with van der Waals surface area (Å²) in [5, 5.41) is 15.3. The fourth-order valence-electron chi connectivity index (χ4n) is 3.62. The maximum atomic E-state index is 10.5. The molecule has 178 valence electrons. The Morgan fingerprint density at radius 1 is 1.03 bits per heavy atom. The van der Waals surface area contributed by atoms with Gasteiger partial charge in [0.15, 0.2) is 11.5 Å². The van der Waals surface area contributed by atoms with Crippen molar-refractivity contribution in [1.29, 1.82) is 0 Å². The number of aryl methyl sites for hydroxylation is 1. The average Bonchev–Trinajstić information content (AvgIpc) is 3.13. The van der Waals surface area contributed by atoms with Crippen LogP contribution in [0.1, 0.15) is 32.0 Å². The van der Waals surface area contributed by atoms with E-state index in [2.05, 4.69) is 18.7 Å². The Kier molecular flexibility index (Phi) is 8.88. The van der Waals surface area contributed by atoms with Crippen molar-refractivity contribution in [1.82, 2.24) is 14.7 Å². The second-order valence-electron chi connectivity index (χ2n) is 8.21. The van der Waals surface area contributed by atoms with Crippen LogP contribution in [0.15, 0.2) is 54.6 Å². The summed E-state index contributed by atoms with van der Waals surface area (Å²) in [4.78, 5) is 2.21. The third kappa shape index (κ3) is 6.35. The quantitative estimate of drug-likeness (QED) is 0.433. The first kappa shape index (κ1) is 24.8. The highest BCUT2D eigenvalue weighted by Crippen LogP contribution is 2.36. The fraction of sp³-hybridized carbons (Fsp3) is 0.423. The Morgan fingerprint density at radius 3 is 2.33 bits per heavy atom. The molecule has 3 aromatic rings. The Morgan fingerprint density at radius 2 is 1.70 bits per heavy atom. The largest absolute Gasteiger partial charge is 0.493 e. The summed E-state index contributed by atoms with van der Waals surface area (Å²) in [6.07, 6.45) is -0.574. The molecule has 0 saturated carbocycles. The Labute approximate surface area is 196 Å². The van der Waals surface area contributed by atoms with Crippen LogP contribution in [0.25, 0.3) is 5.69 Å². The van der Waals surface area contributed by atoms with E-state index >= 15 is 0 Å². The monoisotopic (exact) mass is 453 g/mol. The number of para-hydroxylation sites is 3. The molecule has 0 bridgehead atoms. The number of hydrogen-bond donors (Lipinski definition) is 1. The number of nitrogens with zero attached hydrogens (tertiary/aromatic N) is 3. The Bertz CT molecular complexity index is 1000. The van der Waals surface area contributed by atoms with Gasteiger partial charge in [-0.15, -0.1) is 0 Å². The van der Waals surface area contributed by atoms with Gasteiger partial charge in [-0.3, -0.25) is 4.90 Å². The number of rotatable bonds is 12. The zero-order valence-corrected chi connectivity index (χ0v) is 20.2. The molecule has 0 aliphatic rings. The molecule has 1 aromatic heterocycles. The van der Waals surface area contributed by atoms with Gasteiger partial charge in [0.1, 0.15) is 0 Å². The molecule has 3 rings (SSSR count). The Balaban J connectivity index is 2.00. The van der Waals surface area contributed by atoms with Crippen LogP contribution in [-0.2, 0) is 11.3 Å². The molecule has 2 aromatic carbocycles. The van der Waals surface area contributed by atoms with Gasteiger partial charge in [0.25, 0.3) is 0 Å². The molecule has 1 heterocycles. The molecule has 0 aliphatic heterocycles. The average molecular weight is 454 g/mol. The van der Waals surface area contributed by atoms with Gasteiger partial charge in [0.05, 0.1) is 36.8 Å². The molecule has 0 spiro atoms. The molecular formula is C26H35N3O4. The van der Waals surface area contributed by atoms with Gasteiger partial charge in [-0.2, -0.15) is 5.10 Å². The van der Waals surface area contributed by atoms with E-state index in [9.17, 15) is 5.11 Å². The normalized spacial score (nSPS) is 12.4. The van der Waals surface area contributed by atoms with Crippen molar-refractivity contribution < 1.29 is 19.3 Å². The number of aromatic nitrogens is 2. The van der Waals surface area contributed by atoms with E-state index in [0.29, 0.717) is 43.7 Å². The molecule has 1 atom stereocenters. The van der Waals surface area contributed by atoms with E-state index < -0.39 is 6.10 Å². The van der Waals surface area contributed by atoms with Crippen molar-refractivity contribution in [3.05, 3.63) is 65.9 Å². The van der Waals surface area contributed by atoms with E-state index in [1.165, 1.54) is 0 Å². The van der Waals surface area contributed by atoms with Gasteiger partial charge in [0.2, 0.25) is 5.88 Å². The standard InChI is InChI=1S/C26H35N3O4/c1-6-32-18-22(30)16-28(19(2)3)17-23-20(4)27-29(21-12-8-7-9-13-21)26(23)33-25-15-11-10-14-24(25)31-5/h7-15,19,22,30H,6,16-18H2,1-5H3/t22-/m1/s1. The van der Waals surface area contributed by atoms with Gasteiger partial charge in [-0.1, -0.05) is 30.3 Å². The highest BCUT2D eigenvalue weighted by atomic mass is 16.5. The molecule has 1 N–H and O–H groups in total. The fourth-order valence-corrected chi connectivity index (χ4v) is 3.62. The molecule has 0 saturated heterocycles. The summed E-state index contributed by atoms with van der Waals surface area (Å²) in [5.74, 6) is 1.90. The van der Waals surface area contributed by atoms with Gasteiger partial charge in [-0.25, -0.2) is 4.68 Å². The third-order valence-corrected chi connectivity index (χ3v) is 5.46. The molecular weight excluding hydrogens is 418 g/mol. The molecule has 7 nitrogen and oxygen atoms in total. The minimum atomic E-state index is -0.574. The Hall–Kier alpha value is -2.87. The summed E-state index contributed by atoms with van der Waals surface area (Å²) in [5.41, 5.74) is 2.74. The van der Waals surface area contributed by atoms with E-state index in [0.717, 1.165) is 16.9 Å². The smallest absolute Gasteiger partial charge is 0.227 e. The molecule has 0 radical (unpaired) electrons. The predicted molar refractivity (Wildman–Crippen MR) is 129 cm³/mol. The van der Waals surface area contributed by atoms with Crippen LogP contribution in [0.5, 0.6) is 17.4 Å². The van der Waals surface area contributed by atoms with Crippen molar-refractivity contribution in [3.63, 3.8) is 0 Å². The van der Waals surface area contributed by atoms with Crippen LogP contribution >= 0.6 is 0 Å². The molecule has 0 unspecified atom stereocenters. The van der Waals surface area contributed by atoms with Crippen LogP contribution < -0.4 is 9.47 Å². The van der Waals surface area contributed by atoms with Crippen LogP contribution in [-0.4, -0.2) is 58.8 Å². The molecule has 0 fully saturated rings. The van der Waals surface area contributed by atoms with Crippen molar-refractivity contribution in [3.8, 4) is 23.1 Å². The molecule has 0 aliphatic carbocycles. The maximum Gasteiger partial charge on any atom is 0.227 e. The van der Waals surface area contributed by atoms with Crippen LogP contribution in [0.2, 0.25) is 0 Å². The minimum absolute atomic E-state index is 0.208. The summed E-state index contributed by atoms with van der Waals surface area (Å²) >= 11 is 0. The van der Waals surface area contributed by atoms with E-state index in [1.807, 2.05) is 73.1 Å². The second-order valence-corrected chi connectivity index (χ2v) is 8.21. The topological polar surface area (TPSA) is 69.0 Å². The number of aliphatic hydroxyl groups excluding tert-OH is 1.